The molecule has 2 N–H and O–H groups in total. The molecule has 0 aliphatic heterocycles. The largest absolute Gasteiger partial charge is 0.401 e. The third kappa shape index (κ3) is 4.34. The zero-order chi connectivity index (χ0) is 7.33. The first kappa shape index (κ1) is 8.83. The van der Waals surface area contributed by atoms with Gasteiger partial charge in [-0.2, -0.15) is 8.42 Å². The molecule has 6 heteroatoms. The Hall–Kier alpha value is -0.170. The lowest BCUT2D eigenvalue weighted by Gasteiger charge is -1.98. The summed E-state index contributed by atoms with van der Waals surface area (Å²) in [7, 11) is -3.81. The van der Waals surface area contributed by atoms with Crippen LogP contribution in [0.3, 0.4) is 0 Å². The van der Waals surface area contributed by atoms with E-state index in [-0.39, 0.29) is 13.3 Å². The Morgan fingerprint density at radius 2 is 2.00 bits per heavy atom. The molecule has 9 heavy (non-hydrogen) atoms. The van der Waals surface area contributed by atoms with Gasteiger partial charge in [-0.1, -0.05) is 0 Å². The monoisotopic (exact) mass is 155 g/mol. The predicted molar refractivity (Wildman–Crippen MR) is 30.7 cm³/mol. The number of hydrogen-bond donors (Lipinski definition) is 1. The van der Waals surface area contributed by atoms with Crippen molar-refractivity contribution in [2.75, 3.05) is 13.3 Å². The molecular formula is C3H9NO4S. The first-order valence-electron chi connectivity index (χ1n) is 2.36. The molecule has 0 aromatic carbocycles. The highest BCUT2D eigenvalue weighted by Crippen LogP contribution is 1.91. The van der Waals surface area contributed by atoms with E-state index in [2.05, 4.69) is 8.37 Å². The summed E-state index contributed by atoms with van der Waals surface area (Å²) in [5.74, 6) is 0. The van der Waals surface area contributed by atoms with Crippen molar-refractivity contribution in [2.24, 2.45) is 5.73 Å². The molecule has 0 spiro atoms. The van der Waals surface area contributed by atoms with Crippen molar-refractivity contribution in [3.05, 3.63) is 0 Å². The van der Waals surface area contributed by atoms with Crippen molar-refractivity contribution in [3.8, 4) is 0 Å². The van der Waals surface area contributed by atoms with Crippen molar-refractivity contribution < 1.29 is 16.8 Å². The highest BCUT2D eigenvalue weighted by atomic mass is 32.3. The van der Waals surface area contributed by atoms with Gasteiger partial charge in [-0.3, -0.25) is 0 Å². The van der Waals surface area contributed by atoms with Gasteiger partial charge in [-0.05, 0) is 6.92 Å². The summed E-state index contributed by atoms with van der Waals surface area (Å²) in [5.41, 5.74) is 4.76. The fraction of sp³-hybridized carbons (Fsp3) is 1.00. The molecule has 0 atom stereocenters. The van der Waals surface area contributed by atoms with Crippen LogP contribution in [-0.4, -0.2) is 21.8 Å². The van der Waals surface area contributed by atoms with E-state index in [0.29, 0.717) is 0 Å². The Kier molecular flexibility index (Phi) is 3.71. The summed E-state index contributed by atoms with van der Waals surface area (Å²) in [6.07, 6.45) is 0. The summed E-state index contributed by atoms with van der Waals surface area (Å²) >= 11 is 0. The van der Waals surface area contributed by atoms with Crippen LogP contribution in [0, 0.1) is 0 Å². The van der Waals surface area contributed by atoms with Crippen LogP contribution in [0.15, 0.2) is 0 Å². The molecule has 0 unspecified atom stereocenters. The second kappa shape index (κ2) is 3.78. The van der Waals surface area contributed by atoms with Crippen molar-refractivity contribution in [3.63, 3.8) is 0 Å². The molecule has 56 valence electrons. The van der Waals surface area contributed by atoms with Gasteiger partial charge in [-0.15, -0.1) is 0 Å². The van der Waals surface area contributed by atoms with Crippen LogP contribution in [0.4, 0.5) is 0 Å². The lowest BCUT2D eigenvalue weighted by Crippen LogP contribution is -2.14. The van der Waals surface area contributed by atoms with Crippen LogP contribution in [0.25, 0.3) is 0 Å². The first-order chi connectivity index (χ1) is 4.12. The molecule has 0 aliphatic rings. The zero-order valence-electron chi connectivity index (χ0n) is 5.03. The Balaban J connectivity index is 3.73. The van der Waals surface area contributed by atoms with E-state index in [1.807, 2.05) is 0 Å². The second-order valence-corrected chi connectivity index (χ2v) is 2.39. The molecule has 0 aliphatic carbocycles. The molecule has 0 fully saturated rings. The van der Waals surface area contributed by atoms with E-state index in [0.717, 1.165) is 0 Å². The Morgan fingerprint density at radius 1 is 1.44 bits per heavy atom. The molecule has 5 nitrogen and oxygen atoms in total. The van der Waals surface area contributed by atoms with Gasteiger partial charge in [0.1, 0.15) is 6.73 Å². The van der Waals surface area contributed by atoms with Crippen LogP contribution < -0.4 is 5.73 Å². The van der Waals surface area contributed by atoms with Gasteiger partial charge in [-0.25, -0.2) is 8.37 Å². The van der Waals surface area contributed by atoms with Crippen molar-refractivity contribution in [2.45, 2.75) is 6.92 Å². The second-order valence-electron chi connectivity index (χ2n) is 1.10. The summed E-state index contributed by atoms with van der Waals surface area (Å²) in [5, 5.41) is 0. The Bertz CT molecular complexity index is 139. The summed E-state index contributed by atoms with van der Waals surface area (Å²) in [6.45, 7) is 1.21. The van der Waals surface area contributed by atoms with E-state index in [9.17, 15) is 8.42 Å². The summed E-state index contributed by atoms with van der Waals surface area (Å²) < 4.78 is 28.7. The minimum atomic E-state index is -3.81. The minimum Gasteiger partial charge on any atom is -0.307 e. The smallest absolute Gasteiger partial charge is 0.307 e. The van der Waals surface area contributed by atoms with Gasteiger partial charge >= 0.3 is 10.4 Å². The normalized spacial score (nSPS) is 11.8. The third-order valence-corrected chi connectivity index (χ3v) is 1.42. The van der Waals surface area contributed by atoms with Gasteiger partial charge in [0.2, 0.25) is 0 Å². The molecular weight excluding hydrogens is 146 g/mol. The van der Waals surface area contributed by atoms with Crippen LogP contribution in [0.2, 0.25) is 0 Å². The molecule has 0 radical (unpaired) electrons. The average molecular weight is 155 g/mol. The highest BCUT2D eigenvalue weighted by Gasteiger charge is 2.07. The van der Waals surface area contributed by atoms with Gasteiger partial charge in [0.05, 0.1) is 6.61 Å². The van der Waals surface area contributed by atoms with Gasteiger partial charge < -0.3 is 5.73 Å². The third-order valence-electron chi connectivity index (χ3n) is 0.475. The molecule has 0 amide bonds. The number of rotatable bonds is 4. The molecule has 0 rings (SSSR count). The fourth-order valence-corrected chi connectivity index (χ4v) is 0.785. The number of nitrogens with two attached hydrogens (primary N) is 1. The molecule has 0 saturated heterocycles. The van der Waals surface area contributed by atoms with Crippen LogP contribution >= 0.6 is 0 Å². The maximum atomic E-state index is 10.3. The van der Waals surface area contributed by atoms with E-state index >= 15 is 0 Å². The van der Waals surface area contributed by atoms with E-state index in [1.54, 1.807) is 0 Å². The quantitative estimate of drug-likeness (QED) is 0.538. The summed E-state index contributed by atoms with van der Waals surface area (Å²) in [4.78, 5) is 0. The highest BCUT2D eigenvalue weighted by molar-refractivity contribution is 7.81. The molecule has 0 heterocycles. The van der Waals surface area contributed by atoms with Gasteiger partial charge in [0.15, 0.2) is 0 Å². The van der Waals surface area contributed by atoms with Crippen molar-refractivity contribution in [1.82, 2.24) is 0 Å². The van der Waals surface area contributed by atoms with E-state index in [4.69, 9.17) is 5.73 Å². The molecule has 0 aromatic rings. The molecule has 0 bridgehead atoms. The predicted octanol–water partition coefficient (Wildman–Crippen LogP) is -0.799. The van der Waals surface area contributed by atoms with Crippen LogP contribution in [0.1, 0.15) is 6.92 Å². The van der Waals surface area contributed by atoms with E-state index in [1.165, 1.54) is 6.92 Å². The molecule has 0 saturated carbocycles. The lowest BCUT2D eigenvalue weighted by atomic mass is 10.9. The average Bonchev–Trinajstić information content (AvgIpc) is 1.64. The lowest BCUT2D eigenvalue weighted by molar-refractivity contribution is 0.227. The van der Waals surface area contributed by atoms with Gasteiger partial charge in [0.25, 0.3) is 0 Å². The number of hydrogen-bond acceptors (Lipinski definition) is 5. The van der Waals surface area contributed by atoms with Crippen LogP contribution in [-0.2, 0) is 18.8 Å². The van der Waals surface area contributed by atoms with Crippen LogP contribution in [0.5, 0.6) is 0 Å². The fourth-order valence-electron chi connectivity index (χ4n) is 0.262. The minimum absolute atomic E-state index is 0.0579. The van der Waals surface area contributed by atoms with Crippen molar-refractivity contribution >= 4 is 10.4 Å². The maximum Gasteiger partial charge on any atom is 0.401 e. The molecule has 0 aromatic heterocycles. The summed E-state index contributed by atoms with van der Waals surface area (Å²) in [6, 6.07) is 0. The maximum absolute atomic E-state index is 10.3. The van der Waals surface area contributed by atoms with Crippen molar-refractivity contribution in [1.29, 1.82) is 0 Å². The van der Waals surface area contributed by atoms with E-state index < -0.39 is 10.4 Å². The Morgan fingerprint density at radius 3 is 2.33 bits per heavy atom. The first-order valence-corrected chi connectivity index (χ1v) is 3.69. The standard InChI is InChI=1S/C3H9NO4S/c1-2-7-9(5,6)8-3-4/h2-4H2,1H3. The van der Waals surface area contributed by atoms with Gasteiger partial charge in [0, 0.05) is 0 Å². The Labute approximate surface area is 54.1 Å². The zero-order valence-corrected chi connectivity index (χ0v) is 5.85. The topological polar surface area (TPSA) is 78.6 Å². The SMILES string of the molecule is CCOS(=O)(=O)OCN.